The van der Waals surface area contributed by atoms with Gasteiger partial charge in [-0.25, -0.2) is 12.8 Å². The highest BCUT2D eigenvalue weighted by molar-refractivity contribution is 7.89. The third kappa shape index (κ3) is 5.91. The first-order valence-electron chi connectivity index (χ1n) is 9.27. The molecule has 0 saturated heterocycles. The highest BCUT2D eigenvalue weighted by Crippen LogP contribution is 2.29. The fourth-order valence-electron chi connectivity index (χ4n) is 2.63. The summed E-state index contributed by atoms with van der Waals surface area (Å²) in [5, 5.41) is 2.62. The molecule has 0 fully saturated rings. The lowest BCUT2D eigenvalue weighted by Gasteiger charge is -2.20. The summed E-state index contributed by atoms with van der Waals surface area (Å²) in [5.41, 5.74) is 0.229. The predicted molar refractivity (Wildman–Crippen MR) is 108 cm³/mol. The zero-order valence-electron chi connectivity index (χ0n) is 16.6. The first-order valence-corrected chi connectivity index (χ1v) is 10.7. The van der Waals surface area contributed by atoms with Crippen molar-refractivity contribution in [2.45, 2.75) is 25.7 Å². The van der Waals surface area contributed by atoms with Gasteiger partial charge in [0.1, 0.15) is 17.3 Å². The average molecular weight is 424 g/mol. The number of anilines is 1. The van der Waals surface area contributed by atoms with E-state index in [2.05, 4.69) is 5.32 Å². The Labute approximate surface area is 170 Å². The number of nitrogens with one attached hydrogen (secondary N) is 1. The normalized spacial score (nSPS) is 11.3. The van der Waals surface area contributed by atoms with Crippen LogP contribution in [0.3, 0.4) is 0 Å². The SMILES string of the molecule is CCOc1ccc(S(=O)(=O)N(CC)CC)cc1NC(=O)COc1ccc(F)cc1. The Morgan fingerprint density at radius 2 is 1.69 bits per heavy atom. The lowest BCUT2D eigenvalue weighted by atomic mass is 10.3. The molecule has 1 N–H and O–H groups in total. The minimum absolute atomic E-state index is 0.0550. The van der Waals surface area contributed by atoms with Crippen LogP contribution in [-0.4, -0.2) is 44.9 Å². The maximum Gasteiger partial charge on any atom is 0.262 e. The van der Waals surface area contributed by atoms with Gasteiger partial charge in [0.05, 0.1) is 17.2 Å². The summed E-state index contributed by atoms with van der Waals surface area (Å²) in [4.78, 5) is 12.3. The molecule has 9 heteroatoms. The van der Waals surface area contributed by atoms with Crippen LogP contribution in [0.15, 0.2) is 47.4 Å². The molecule has 0 unspecified atom stereocenters. The molecule has 0 radical (unpaired) electrons. The molecule has 0 bridgehead atoms. The van der Waals surface area contributed by atoms with Crippen LogP contribution in [0.1, 0.15) is 20.8 Å². The Hall–Kier alpha value is -2.65. The first-order chi connectivity index (χ1) is 13.8. The highest BCUT2D eigenvalue weighted by atomic mass is 32.2. The van der Waals surface area contributed by atoms with Gasteiger partial charge >= 0.3 is 0 Å². The molecule has 1 amide bonds. The zero-order chi connectivity index (χ0) is 21.4. The number of nitrogens with zero attached hydrogens (tertiary/aromatic N) is 1. The number of carbonyl (C=O) groups excluding carboxylic acids is 1. The molecular weight excluding hydrogens is 399 g/mol. The molecule has 2 aromatic carbocycles. The van der Waals surface area contributed by atoms with E-state index in [4.69, 9.17) is 9.47 Å². The molecule has 7 nitrogen and oxygen atoms in total. The molecule has 0 aliphatic rings. The number of halogens is 1. The fraction of sp³-hybridized carbons (Fsp3) is 0.350. The van der Waals surface area contributed by atoms with Gasteiger partial charge in [-0.2, -0.15) is 4.31 Å². The smallest absolute Gasteiger partial charge is 0.262 e. The predicted octanol–water partition coefficient (Wildman–Crippen LogP) is 3.27. The van der Waals surface area contributed by atoms with E-state index in [1.54, 1.807) is 20.8 Å². The van der Waals surface area contributed by atoms with E-state index in [1.165, 1.54) is 46.8 Å². The van der Waals surface area contributed by atoms with Crippen molar-refractivity contribution in [3.8, 4) is 11.5 Å². The zero-order valence-corrected chi connectivity index (χ0v) is 17.5. The minimum atomic E-state index is -3.69. The van der Waals surface area contributed by atoms with Gasteiger partial charge in [0.2, 0.25) is 10.0 Å². The van der Waals surface area contributed by atoms with E-state index in [0.29, 0.717) is 31.2 Å². The van der Waals surface area contributed by atoms with Crippen molar-refractivity contribution in [2.75, 3.05) is 31.6 Å². The Bertz CT molecular complexity index is 928. The van der Waals surface area contributed by atoms with Gasteiger partial charge in [-0.05, 0) is 49.4 Å². The molecule has 0 atom stereocenters. The van der Waals surface area contributed by atoms with Gasteiger partial charge < -0.3 is 14.8 Å². The van der Waals surface area contributed by atoms with Crippen LogP contribution in [0.4, 0.5) is 10.1 Å². The van der Waals surface area contributed by atoms with Crippen LogP contribution in [0, 0.1) is 5.82 Å². The van der Waals surface area contributed by atoms with Crippen molar-refractivity contribution < 1.29 is 27.1 Å². The average Bonchev–Trinajstić information content (AvgIpc) is 2.69. The van der Waals surface area contributed by atoms with Crippen molar-refractivity contribution in [1.29, 1.82) is 0 Å². The number of hydrogen-bond donors (Lipinski definition) is 1. The van der Waals surface area contributed by atoms with Crippen molar-refractivity contribution in [1.82, 2.24) is 4.31 Å². The lowest BCUT2D eigenvalue weighted by molar-refractivity contribution is -0.118. The number of amides is 1. The highest BCUT2D eigenvalue weighted by Gasteiger charge is 2.23. The maximum atomic E-state index is 12.9. The van der Waals surface area contributed by atoms with Crippen molar-refractivity contribution in [3.05, 3.63) is 48.3 Å². The molecular formula is C20H25FN2O5S. The van der Waals surface area contributed by atoms with E-state index in [1.807, 2.05) is 0 Å². The van der Waals surface area contributed by atoms with Gasteiger partial charge in [0, 0.05) is 13.1 Å². The number of carbonyl (C=O) groups is 1. The maximum absolute atomic E-state index is 12.9. The summed E-state index contributed by atoms with van der Waals surface area (Å²) in [5.74, 6) is -0.229. The first kappa shape index (κ1) is 22.6. The Kier molecular flexibility index (Phi) is 7.98. The summed E-state index contributed by atoms with van der Waals surface area (Å²) in [7, 11) is -3.69. The molecule has 0 heterocycles. The standard InChI is InChI=1S/C20H25FN2O5S/c1-4-23(5-2)29(25,26)17-11-12-19(27-6-3)18(13-17)22-20(24)14-28-16-9-7-15(21)8-10-16/h7-13H,4-6,14H2,1-3H3,(H,22,24). The molecule has 0 aromatic heterocycles. The van der Waals surface area contributed by atoms with E-state index < -0.39 is 21.7 Å². The van der Waals surface area contributed by atoms with E-state index in [-0.39, 0.29) is 17.2 Å². The van der Waals surface area contributed by atoms with Crippen LogP contribution < -0.4 is 14.8 Å². The second kappa shape index (κ2) is 10.2. The molecule has 0 aliphatic heterocycles. The van der Waals surface area contributed by atoms with E-state index in [0.717, 1.165) is 0 Å². The van der Waals surface area contributed by atoms with Gasteiger partial charge in [-0.3, -0.25) is 4.79 Å². The van der Waals surface area contributed by atoms with Gasteiger partial charge in [-0.15, -0.1) is 0 Å². The Balaban J connectivity index is 2.20. The summed E-state index contributed by atoms with van der Waals surface area (Å²) in [6.07, 6.45) is 0. The third-order valence-electron chi connectivity index (χ3n) is 4.05. The third-order valence-corrected chi connectivity index (χ3v) is 6.10. The largest absolute Gasteiger partial charge is 0.492 e. The molecule has 29 heavy (non-hydrogen) atoms. The van der Waals surface area contributed by atoms with Crippen LogP contribution in [-0.2, 0) is 14.8 Å². The summed E-state index contributed by atoms with van der Waals surface area (Å²) in [6.45, 7) is 5.97. The summed E-state index contributed by atoms with van der Waals surface area (Å²) >= 11 is 0. The van der Waals surface area contributed by atoms with Crippen molar-refractivity contribution in [3.63, 3.8) is 0 Å². The van der Waals surface area contributed by atoms with Crippen LogP contribution in [0.2, 0.25) is 0 Å². The molecule has 158 valence electrons. The van der Waals surface area contributed by atoms with Crippen LogP contribution in [0.25, 0.3) is 0 Å². The number of rotatable bonds is 10. The number of benzene rings is 2. The molecule has 0 saturated carbocycles. The molecule has 0 spiro atoms. The van der Waals surface area contributed by atoms with E-state index >= 15 is 0 Å². The summed E-state index contributed by atoms with van der Waals surface area (Å²) in [6, 6.07) is 9.59. The minimum Gasteiger partial charge on any atom is -0.492 e. The quantitative estimate of drug-likeness (QED) is 0.633. The molecule has 2 aromatic rings. The Morgan fingerprint density at radius 3 is 2.28 bits per heavy atom. The van der Waals surface area contributed by atoms with Crippen LogP contribution >= 0.6 is 0 Å². The second-order valence-corrected chi connectivity index (χ2v) is 7.91. The number of ether oxygens (including phenoxy) is 2. The fourth-order valence-corrected chi connectivity index (χ4v) is 4.11. The van der Waals surface area contributed by atoms with Crippen LogP contribution in [0.5, 0.6) is 11.5 Å². The Morgan fingerprint density at radius 1 is 1.03 bits per heavy atom. The number of sulfonamides is 1. The van der Waals surface area contributed by atoms with E-state index in [9.17, 15) is 17.6 Å². The van der Waals surface area contributed by atoms with Crippen molar-refractivity contribution >= 4 is 21.6 Å². The molecule has 0 aliphatic carbocycles. The molecule has 2 rings (SSSR count). The topological polar surface area (TPSA) is 84.9 Å². The lowest BCUT2D eigenvalue weighted by Crippen LogP contribution is -2.30. The monoisotopic (exact) mass is 424 g/mol. The summed E-state index contributed by atoms with van der Waals surface area (Å²) < 4.78 is 50.6. The second-order valence-electron chi connectivity index (χ2n) is 5.97. The van der Waals surface area contributed by atoms with Gasteiger partial charge in [-0.1, -0.05) is 13.8 Å². The van der Waals surface area contributed by atoms with Gasteiger partial charge in [0.15, 0.2) is 6.61 Å². The van der Waals surface area contributed by atoms with Crippen molar-refractivity contribution in [2.24, 2.45) is 0 Å². The number of hydrogen-bond acceptors (Lipinski definition) is 5. The van der Waals surface area contributed by atoms with Gasteiger partial charge in [0.25, 0.3) is 5.91 Å².